The Morgan fingerprint density at radius 3 is 3.06 bits per heavy atom. The van der Waals surface area contributed by atoms with Gasteiger partial charge in [-0.1, -0.05) is 0 Å². The number of hydrogen-bond acceptors (Lipinski definition) is 5. The van der Waals surface area contributed by atoms with Gasteiger partial charge in [-0.25, -0.2) is 4.98 Å². The highest BCUT2D eigenvalue weighted by Crippen LogP contribution is 2.25. The first-order valence-corrected chi connectivity index (χ1v) is 7.26. The van der Waals surface area contributed by atoms with Gasteiger partial charge < -0.3 is 11.1 Å². The summed E-state index contributed by atoms with van der Waals surface area (Å²) < 4.78 is 0. The van der Waals surface area contributed by atoms with Crippen LogP contribution in [0.4, 0.5) is 0 Å². The van der Waals surface area contributed by atoms with Crippen LogP contribution in [-0.2, 0) is 6.54 Å². The van der Waals surface area contributed by atoms with Crippen LogP contribution in [0, 0.1) is 0 Å². The summed E-state index contributed by atoms with van der Waals surface area (Å²) >= 11 is 3.37. The SMILES string of the molecule is Cl.NCc1nc(C(=O)NCC2CCCS2)cs1. The van der Waals surface area contributed by atoms with E-state index in [2.05, 4.69) is 10.3 Å². The van der Waals surface area contributed by atoms with Crippen LogP contribution in [0.1, 0.15) is 28.3 Å². The van der Waals surface area contributed by atoms with Crippen LogP contribution >= 0.6 is 35.5 Å². The number of halogens is 1. The first-order chi connectivity index (χ1) is 7.79. The molecule has 1 aliphatic rings. The molecule has 0 radical (unpaired) electrons. The highest BCUT2D eigenvalue weighted by molar-refractivity contribution is 8.00. The van der Waals surface area contributed by atoms with Crippen LogP contribution in [0.25, 0.3) is 0 Å². The zero-order valence-corrected chi connectivity index (χ0v) is 11.8. The third kappa shape index (κ3) is 4.13. The first-order valence-electron chi connectivity index (χ1n) is 5.34. The minimum atomic E-state index is -0.0801. The van der Waals surface area contributed by atoms with Crippen molar-refractivity contribution in [3.63, 3.8) is 0 Å². The summed E-state index contributed by atoms with van der Waals surface area (Å²) in [5.74, 6) is 1.14. The van der Waals surface area contributed by atoms with Crippen molar-refractivity contribution >= 4 is 41.4 Å². The monoisotopic (exact) mass is 293 g/mol. The lowest BCUT2D eigenvalue weighted by Crippen LogP contribution is -2.29. The van der Waals surface area contributed by atoms with Gasteiger partial charge in [-0.2, -0.15) is 11.8 Å². The Kier molecular flexibility index (Phi) is 6.26. The number of carbonyl (C=O) groups excluding carboxylic acids is 1. The molecular weight excluding hydrogens is 278 g/mol. The maximum atomic E-state index is 11.7. The molecule has 1 amide bonds. The first kappa shape index (κ1) is 14.8. The lowest BCUT2D eigenvalue weighted by molar-refractivity contribution is 0.0949. The van der Waals surface area contributed by atoms with Crippen LogP contribution in [0.2, 0.25) is 0 Å². The van der Waals surface area contributed by atoms with E-state index in [1.165, 1.54) is 29.9 Å². The van der Waals surface area contributed by atoms with Crippen molar-refractivity contribution in [1.29, 1.82) is 0 Å². The van der Waals surface area contributed by atoms with Crippen LogP contribution < -0.4 is 11.1 Å². The summed E-state index contributed by atoms with van der Waals surface area (Å²) in [7, 11) is 0. The van der Waals surface area contributed by atoms with Gasteiger partial charge in [-0.15, -0.1) is 23.7 Å². The number of aromatic nitrogens is 1. The molecule has 0 saturated carbocycles. The van der Waals surface area contributed by atoms with E-state index >= 15 is 0 Å². The molecule has 1 aliphatic heterocycles. The van der Waals surface area contributed by atoms with Gasteiger partial charge in [-0.05, 0) is 18.6 Å². The molecule has 3 N–H and O–H groups in total. The van der Waals surface area contributed by atoms with E-state index in [-0.39, 0.29) is 18.3 Å². The summed E-state index contributed by atoms with van der Waals surface area (Å²) in [4.78, 5) is 15.9. The van der Waals surface area contributed by atoms with E-state index in [1.54, 1.807) is 5.38 Å². The van der Waals surface area contributed by atoms with Crippen LogP contribution in [0.5, 0.6) is 0 Å². The Morgan fingerprint density at radius 2 is 2.47 bits per heavy atom. The molecular formula is C10H16ClN3OS2. The number of nitrogens with one attached hydrogen (secondary N) is 1. The largest absolute Gasteiger partial charge is 0.350 e. The van der Waals surface area contributed by atoms with Gasteiger partial charge >= 0.3 is 0 Å². The molecule has 1 unspecified atom stereocenters. The normalized spacial score (nSPS) is 18.8. The summed E-state index contributed by atoms with van der Waals surface area (Å²) in [5, 5.41) is 6.07. The van der Waals surface area contributed by atoms with E-state index in [0.29, 0.717) is 17.5 Å². The zero-order valence-electron chi connectivity index (χ0n) is 9.35. The summed E-state index contributed by atoms with van der Waals surface area (Å²) in [5.41, 5.74) is 5.94. The molecule has 1 aromatic heterocycles. The van der Waals surface area contributed by atoms with Gasteiger partial charge in [0.25, 0.3) is 5.91 Å². The number of nitrogens with zero attached hydrogens (tertiary/aromatic N) is 1. The summed E-state index contributed by atoms with van der Waals surface area (Å²) in [6, 6.07) is 0. The van der Waals surface area contributed by atoms with Gasteiger partial charge in [0.05, 0.1) is 0 Å². The molecule has 7 heteroatoms. The van der Waals surface area contributed by atoms with Crippen molar-refractivity contribution in [2.45, 2.75) is 24.6 Å². The molecule has 4 nitrogen and oxygen atoms in total. The van der Waals surface area contributed by atoms with Crippen molar-refractivity contribution in [1.82, 2.24) is 10.3 Å². The molecule has 0 spiro atoms. The van der Waals surface area contributed by atoms with Crippen molar-refractivity contribution in [2.24, 2.45) is 5.73 Å². The number of thiazole rings is 1. The van der Waals surface area contributed by atoms with Crippen LogP contribution in [0.15, 0.2) is 5.38 Å². The minimum absolute atomic E-state index is 0. The van der Waals surface area contributed by atoms with Gasteiger partial charge in [0.1, 0.15) is 10.7 Å². The molecule has 2 heterocycles. The molecule has 1 aromatic rings. The van der Waals surface area contributed by atoms with Crippen LogP contribution in [-0.4, -0.2) is 28.4 Å². The topological polar surface area (TPSA) is 68.0 Å². The zero-order chi connectivity index (χ0) is 11.4. The van der Waals surface area contributed by atoms with Crippen molar-refractivity contribution < 1.29 is 4.79 Å². The van der Waals surface area contributed by atoms with Gasteiger partial charge in [0, 0.05) is 23.7 Å². The molecule has 0 aliphatic carbocycles. The molecule has 1 saturated heterocycles. The fourth-order valence-electron chi connectivity index (χ4n) is 1.61. The number of hydrogen-bond donors (Lipinski definition) is 2. The van der Waals surface area contributed by atoms with Gasteiger partial charge in [0.15, 0.2) is 0 Å². The minimum Gasteiger partial charge on any atom is -0.350 e. The molecule has 1 atom stereocenters. The predicted octanol–water partition coefficient (Wildman–Crippen LogP) is 1.65. The smallest absolute Gasteiger partial charge is 0.270 e. The maximum Gasteiger partial charge on any atom is 0.270 e. The molecule has 2 rings (SSSR count). The Labute approximate surface area is 115 Å². The molecule has 1 fully saturated rings. The second kappa shape index (κ2) is 7.20. The van der Waals surface area contributed by atoms with Crippen molar-refractivity contribution in [2.75, 3.05) is 12.3 Å². The fourth-order valence-corrected chi connectivity index (χ4v) is 3.47. The molecule has 0 aromatic carbocycles. The van der Waals surface area contributed by atoms with Crippen LogP contribution in [0.3, 0.4) is 0 Å². The van der Waals surface area contributed by atoms with Crippen molar-refractivity contribution in [3.05, 3.63) is 16.1 Å². The Morgan fingerprint density at radius 1 is 1.65 bits per heavy atom. The standard InChI is InChI=1S/C10H15N3OS2.ClH/c11-4-9-13-8(6-16-9)10(14)12-5-7-2-1-3-15-7;/h6-7H,1-5,11H2,(H,12,14);1H. The summed E-state index contributed by atoms with van der Waals surface area (Å²) in [6.45, 7) is 1.15. The number of amides is 1. The van der Waals surface area contributed by atoms with E-state index in [4.69, 9.17) is 5.73 Å². The average molecular weight is 294 g/mol. The van der Waals surface area contributed by atoms with E-state index in [9.17, 15) is 4.79 Å². The Bertz CT molecular complexity index is 366. The van der Waals surface area contributed by atoms with Crippen molar-refractivity contribution in [3.8, 4) is 0 Å². The number of thioether (sulfide) groups is 1. The third-order valence-corrected chi connectivity index (χ3v) is 4.74. The third-order valence-electron chi connectivity index (χ3n) is 2.47. The Hall–Kier alpha value is -0.300. The Balaban J connectivity index is 0.00000144. The number of rotatable bonds is 4. The predicted molar refractivity (Wildman–Crippen MR) is 75.1 cm³/mol. The lowest BCUT2D eigenvalue weighted by Gasteiger charge is -2.08. The van der Waals surface area contributed by atoms with Gasteiger partial charge in [-0.3, -0.25) is 4.79 Å². The van der Waals surface area contributed by atoms with E-state index in [0.717, 1.165) is 11.6 Å². The highest BCUT2D eigenvalue weighted by Gasteiger charge is 2.17. The number of nitrogens with two attached hydrogens (primary N) is 1. The highest BCUT2D eigenvalue weighted by atomic mass is 35.5. The average Bonchev–Trinajstić information content (AvgIpc) is 2.96. The van der Waals surface area contributed by atoms with E-state index in [1.807, 2.05) is 11.8 Å². The fraction of sp³-hybridized carbons (Fsp3) is 0.600. The lowest BCUT2D eigenvalue weighted by atomic mass is 10.2. The quantitative estimate of drug-likeness (QED) is 0.886. The van der Waals surface area contributed by atoms with Gasteiger partial charge in [0.2, 0.25) is 0 Å². The molecule has 0 bridgehead atoms. The molecule has 96 valence electrons. The summed E-state index contributed by atoms with van der Waals surface area (Å²) in [6.07, 6.45) is 2.47. The van der Waals surface area contributed by atoms with E-state index < -0.39 is 0 Å². The second-order valence-electron chi connectivity index (χ2n) is 3.68. The maximum absolute atomic E-state index is 11.7. The second-order valence-corrected chi connectivity index (χ2v) is 6.03. The number of carbonyl (C=O) groups is 1. The molecule has 17 heavy (non-hydrogen) atoms.